The quantitative estimate of drug-likeness (QED) is 0.489. The second kappa shape index (κ2) is 5.25. The Morgan fingerprint density at radius 1 is 1.31 bits per heavy atom. The third kappa shape index (κ3) is 3.77. The van der Waals surface area contributed by atoms with Crippen LogP contribution in [0.25, 0.3) is 0 Å². The minimum Gasteiger partial charge on any atom is -0.387 e. The SMILES string of the molecule is N=C(N)C(CSc1ccccc1)C(F)(F)F. The lowest BCUT2D eigenvalue weighted by Crippen LogP contribution is -2.36. The monoisotopic (exact) mass is 248 g/mol. The lowest BCUT2D eigenvalue weighted by Gasteiger charge is -2.18. The maximum absolute atomic E-state index is 12.4. The van der Waals surface area contributed by atoms with Crippen LogP contribution in [0.3, 0.4) is 0 Å². The highest BCUT2D eigenvalue weighted by Crippen LogP contribution is 2.31. The molecule has 1 rings (SSSR count). The average molecular weight is 248 g/mol. The molecule has 1 unspecified atom stereocenters. The van der Waals surface area contributed by atoms with E-state index in [-0.39, 0.29) is 5.75 Å². The summed E-state index contributed by atoms with van der Waals surface area (Å²) in [6.07, 6.45) is -4.45. The van der Waals surface area contributed by atoms with Gasteiger partial charge in [0.15, 0.2) is 0 Å². The first-order valence-corrected chi connectivity index (χ1v) is 5.48. The van der Waals surface area contributed by atoms with Crippen LogP contribution in [0.2, 0.25) is 0 Å². The first-order valence-electron chi connectivity index (χ1n) is 4.49. The van der Waals surface area contributed by atoms with Crippen LogP contribution in [-0.4, -0.2) is 17.8 Å². The molecule has 2 nitrogen and oxygen atoms in total. The molecule has 0 aliphatic carbocycles. The summed E-state index contributed by atoms with van der Waals surface area (Å²) in [6, 6.07) is 8.73. The molecule has 0 radical (unpaired) electrons. The van der Waals surface area contributed by atoms with E-state index in [1.165, 1.54) is 0 Å². The lowest BCUT2D eigenvalue weighted by atomic mass is 10.1. The Bertz CT molecular complexity index is 351. The molecular weight excluding hydrogens is 237 g/mol. The Morgan fingerprint density at radius 3 is 2.31 bits per heavy atom. The van der Waals surface area contributed by atoms with Crippen LogP contribution in [0.5, 0.6) is 0 Å². The normalized spacial score (nSPS) is 13.4. The van der Waals surface area contributed by atoms with E-state index < -0.39 is 17.9 Å². The van der Waals surface area contributed by atoms with E-state index in [1.54, 1.807) is 30.3 Å². The number of alkyl halides is 3. The number of hydrogen-bond acceptors (Lipinski definition) is 2. The molecule has 0 saturated carbocycles. The van der Waals surface area contributed by atoms with Crippen molar-refractivity contribution >= 4 is 17.6 Å². The van der Waals surface area contributed by atoms with E-state index in [0.29, 0.717) is 0 Å². The standard InChI is InChI=1S/C10H11F3N2S/c11-10(12,13)8(9(14)15)6-16-7-4-2-1-3-5-7/h1-5,8H,6H2,(H3,14,15). The second-order valence-corrected chi connectivity index (χ2v) is 4.27. The molecule has 0 aromatic heterocycles. The van der Waals surface area contributed by atoms with Crippen molar-refractivity contribution in [2.24, 2.45) is 11.7 Å². The van der Waals surface area contributed by atoms with Gasteiger partial charge in [-0.05, 0) is 12.1 Å². The van der Waals surface area contributed by atoms with Crippen LogP contribution >= 0.6 is 11.8 Å². The summed E-state index contributed by atoms with van der Waals surface area (Å²) in [6.45, 7) is 0. The van der Waals surface area contributed by atoms with Crippen molar-refractivity contribution in [1.82, 2.24) is 0 Å². The fraction of sp³-hybridized carbons (Fsp3) is 0.300. The van der Waals surface area contributed by atoms with E-state index in [9.17, 15) is 13.2 Å². The Kier molecular flexibility index (Phi) is 4.23. The largest absolute Gasteiger partial charge is 0.399 e. The molecule has 16 heavy (non-hydrogen) atoms. The minimum absolute atomic E-state index is 0.261. The topological polar surface area (TPSA) is 49.9 Å². The Balaban J connectivity index is 2.62. The molecule has 88 valence electrons. The van der Waals surface area contributed by atoms with Crippen molar-refractivity contribution in [3.8, 4) is 0 Å². The van der Waals surface area contributed by atoms with Gasteiger partial charge in [-0.3, -0.25) is 5.41 Å². The van der Waals surface area contributed by atoms with E-state index in [1.807, 2.05) is 0 Å². The van der Waals surface area contributed by atoms with Gasteiger partial charge in [0, 0.05) is 10.6 Å². The highest BCUT2D eigenvalue weighted by Gasteiger charge is 2.41. The zero-order valence-corrected chi connectivity index (χ0v) is 9.11. The molecule has 3 N–H and O–H groups in total. The molecule has 1 aromatic carbocycles. The molecule has 1 atom stereocenters. The lowest BCUT2D eigenvalue weighted by molar-refractivity contribution is -0.149. The highest BCUT2D eigenvalue weighted by atomic mass is 32.2. The van der Waals surface area contributed by atoms with Gasteiger partial charge in [0.1, 0.15) is 11.8 Å². The summed E-state index contributed by atoms with van der Waals surface area (Å²) in [5.74, 6) is -2.98. The van der Waals surface area contributed by atoms with Gasteiger partial charge in [0.25, 0.3) is 0 Å². The number of nitrogens with one attached hydrogen (secondary N) is 1. The number of amidine groups is 1. The van der Waals surface area contributed by atoms with Crippen molar-refractivity contribution in [3.63, 3.8) is 0 Å². The van der Waals surface area contributed by atoms with Gasteiger partial charge in [0.2, 0.25) is 0 Å². The Hall–Kier alpha value is -1.17. The molecule has 0 bridgehead atoms. The Morgan fingerprint density at radius 2 is 1.88 bits per heavy atom. The van der Waals surface area contributed by atoms with Gasteiger partial charge < -0.3 is 5.73 Å². The average Bonchev–Trinajstić information content (AvgIpc) is 2.17. The summed E-state index contributed by atoms with van der Waals surface area (Å²) < 4.78 is 37.3. The minimum atomic E-state index is -4.45. The van der Waals surface area contributed by atoms with Crippen molar-refractivity contribution in [3.05, 3.63) is 30.3 Å². The van der Waals surface area contributed by atoms with Crippen molar-refractivity contribution in [2.45, 2.75) is 11.1 Å². The van der Waals surface area contributed by atoms with Crippen LogP contribution in [0, 0.1) is 11.3 Å². The third-order valence-corrected chi connectivity index (χ3v) is 3.04. The molecule has 0 fully saturated rings. The van der Waals surface area contributed by atoms with Gasteiger partial charge in [-0.25, -0.2) is 0 Å². The van der Waals surface area contributed by atoms with Crippen LogP contribution in [0.15, 0.2) is 35.2 Å². The summed E-state index contributed by atoms with van der Waals surface area (Å²) in [4.78, 5) is 0.734. The van der Waals surface area contributed by atoms with E-state index in [4.69, 9.17) is 11.1 Å². The molecule has 1 aromatic rings. The summed E-state index contributed by atoms with van der Waals surface area (Å²) in [7, 11) is 0. The maximum atomic E-state index is 12.4. The summed E-state index contributed by atoms with van der Waals surface area (Å²) in [5, 5.41) is 6.92. The van der Waals surface area contributed by atoms with Gasteiger partial charge in [0.05, 0.1) is 0 Å². The van der Waals surface area contributed by atoms with E-state index >= 15 is 0 Å². The predicted molar refractivity (Wildman–Crippen MR) is 58.6 cm³/mol. The number of halogens is 3. The first-order chi connectivity index (χ1) is 7.41. The zero-order chi connectivity index (χ0) is 12.2. The smallest absolute Gasteiger partial charge is 0.387 e. The van der Waals surface area contributed by atoms with Crippen LogP contribution in [0.1, 0.15) is 0 Å². The van der Waals surface area contributed by atoms with Crippen molar-refractivity contribution in [1.29, 1.82) is 5.41 Å². The molecule has 6 heteroatoms. The molecule has 0 aliphatic rings. The number of rotatable bonds is 4. The molecule has 0 amide bonds. The molecule has 0 aliphatic heterocycles. The summed E-state index contributed by atoms with van der Waals surface area (Å²) in [5.41, 5.74) is 4.94. The van der Waals surface area contributed by atoms with Gasteiger partial charge >= 0.3 is 6.18 Å². The number of nitrogens with two attached hydrogens (primary N) is 1. The number of hydrogen-bond donors (Lipinski definition) is 2. The van der Waals surface area contributed by atoms with E-state index in [0.717, 1.165) is 16.7 Å². The predicted octanol–water partition coefficient (Wildman–Crippen LogP) is 2.89. The summed E-state index contributed by atoms with van der Waals surface area (Å²) >= 11 is 1.04. The van der Waals surface area contributed by atoms with Crippen LogP contribution in [0.4, 0.5) is 13.2 Å². The zero-order valence-electron chi connectivity index (χ0n) is 8.29. The van der Waals surface area contributed by atoms with Crippen molar-refractivity contribution < 1.29 is 13.2 Å². The van der Waals surface area contributed by atoms with Gasteiger partial charge in [-0.15, -0.1) is 11.8 Å². The molecule has 0 heterocycles. The van der Waals surface area contributed by atoms with Gasteiger partial charge in [-0.2, -0.15) is 13.2 Å². The van der Waals surface area contributed by atoms with Crippen LogP contribution in [-0.2, 0) is 0 Å². The van der Waals surface area contributed by atoms with Crippen molar-refractivity contribution in [2.75, 3.05) is 5.75 Å². The second-order valence-electron chi connectivity index (χ2n) is 3.17. The number of benzene rings is 1. The Labute approximate surface area is 95.5 Å². The highest BCUT2D eigenvalue weighted by molar-refractivity contribution is 7.99. The molecule has 0 spiro atoms. The van der Waals surface area contributed by atoms with Gasteiger partial charge in [-0.1, -0.05) is 18.2 Å². The maximum Gasteiger partial charge on any atom is 0.399 e. The number of thioether (sulfide) groups is 1. The fourth-order valence-electron chi connectivity index (χ4n) is 1.06. The molecule has 0 saturated heterocycles. The van der Waals surface area contributed by atoms with E-state index in [2.05, 4.69) is 0 Å². The molecular formula is C10H11F3N2S. The first kappa shape index (κ1) is 12.9. The van der Waals surface area contributed by atoms with Crippen LogP contribution < -0.4 is 5.73 Å². The third-order valence-electron chi connectivity index (χ3n) is 1.93. The fourth-order valence-corrected chi connectivity index (χ4v) is 2.13.